The van der Waals surface area contributed by atoms with Gasteiger partial charge in [0.05, 0.1) is 41.5 Å². The van der Waals surface area contributed by atoms with E-state index in [-0.39, 0.29) is 18.0 Å². The summed E-state index contributed by atoms with van der Waals surface area (Å²) in [6.45, 7) is 17.1. The number of carboxylic acids is 1. The smallest absolute Gasteiger partial charge is 0.308 e. The van der Waals surface area contributed by atoms with Crippen LogP contribution in [0.25, 0.3) is 0 Å². The molecule has 6 N–H and O–H groups in total. The molecule has 0 aromatic rings. The summed E-state index contributed by atoms with van der Waals surface area (Å²) in [5.41, 5.74) is -3.03. The van der Waals surface area contributed by atoms with Crippen molar-refractivity contribution in [3.05, 3.63) is 0 Å². The van der Waals surface area contributed by atoms with Gasteiger partial charge in [0.1, 0.15) is 0 Å². The predicted octanol–water partition coefficient (Wildman–Crippen LogP) is 2.60. The lowest BCUT2D eigenvalue weighted by molar-refractivity contribution is -0.264. The quantitative estimate of drug-likeness (QED) is 0.152. The molecule has 1 heterocycles. The van der Waals surface area contributed by atoms with E-state index in [4.69, 9.17) is 9.47 Å². The van der Waals surface area contributed by atoms with Crippen molar-refractivity contribution >= 4 is 5.97 Å². The minimum absolute atomic E-state index is 0.0539. The number of hydrogen-bond donors (Lipinski definition) is 6. The molecule has 1 rings (SSSR count). The Balaban J connectivity index is 2.96. The zero-order chi connectivity index (χ0) is 31.2. The summed E-state index contributed by atoms with van der Waals surface area (Å²) in [4.78, 5) is 14.1. The highest BCUT2D eigenvalue weighted by molar-refractivity contribution is 5.70. The SMILES string of the molecule is CCCC(C)(O)[C@H](O)[C@@H](C)N(C)C[C@H](C)CC(C)(O)CC(C)(C)C(O[C@H]1CC(NC)[C@H](O)[C@@H](C)O1)[C@@H](C)C(=O)O. The molecule has 10 nitrogen and oxygen atoms in total. The third kappa shape index (κ3) is 10.5. The van der Waals surface area contributed by atoms with Gasteiger partial charge in [0.2, 0.25) is 0 Å². The fourth-order valence-electron chi connectivity index (χ4n) is 6.74. The van der Waals surface area contributed by atoms with Crippen LogP contribution in [0.1, 0.15) is 94.4 Å². The average molecular weight is 577 g/mol. The van der Waals surface area contributed by atoms with Gasteiger partial charge in [0.15, 0.2) is 6.29 Å². The number of carbonyl (C=O) groups is 1. The Morgan fingerprint density at radius 2 is 1.75 bits per heavy atom. The number of aliphatic hydroxyl groups excluding tert-OH is 2. The van der Waals surface area contributed by atoms with Crippen LogP contribution in [0.4, 0.5) is 0 Å². The number of carboxylic acid groups (broad SMARTS) is 1. The Bertz CT molecular complexity index is 777. The number of aliphatic hydroxyl groups is 4. The number of likely N-dealkylation sites (N-methyl/N-ethyl adjacent to an activating group) is 2. The van der Waals surface area contributed by atoms with Gasteiger partial charge >= 0.3 is 5.97 Å². The average Bonchev–Trinajstić information content (AvgIpc) is 2.81. The Kier molecular flexibility index (Phi) is 14.0. The molecule has 0 saturated carbocycles. The van der Waals surface area contributed by atoms with Gasteiger partial charge in [-0.2, -0.15) is 0 Å². The maximum atomic E-state index is 12.1. The van der Waals surface area contributed by atoms with Crippen LogP contribution in [-0.2, 0) is 14.3 Å². The molecule has 11 atom stereocenters. The van der Waals surface area contributed by atoms with Gasteiger partial charge < -0.3 is 45.2 Å². The molecule has 1 aliphatic heterocycles. The van der Waals surface area contributed by atoms with Crippen molar-refractivity contribution in [3.63, 3.8) is 0 Å². The van der Waals surface area contributed by atoms with E-state index in [1.165, 1.54) is 0 Å². The van der Waals surface area contributed by atoms with Crippen molar-refractivity contribution in [2.24, 2.45) is 17.3 Å². The van der Waals surface area contributed by atoms with Crippen molar-refractivity contribution in [3.8, 4) is 0 Å². The van der Waals surface area contributed by atoms with Gasteiger partial charge in [0.25, 0.3) is 0 Å². The highest BCUT2D eigenvalue weighted by Crippen LogP contribution is 2.40. The second-order valence-electron chi connectivity index (χ2n) is 13.8. The third-order valence-corrected chi connectivity index (χ3v) is 8.76. The molecule has 1 saturated heterocycles. The summed E-state index contributed by atoms with van der Waals surface area (Å²) >= 11 is 0. The van der Waals surface area contributed by atoms with Gasteiger partial charge in [0, 0.05) is 25.0 Å². The largest absolute Gasteiger partial charge is 0.481 e. The molecule has 0 aromatic heterocycles. The Hall–Kier alpha value is -0.850. The van der Waals surface area contributed by atoms with E-state index >= 15 is 0 Å². The Morgan fingerprint density at radius 3 is 2.25 bits per heavy atom. The first-order valence-corrected chi connectivity index (χ1v) is 14.9. The van der Waals surface area contributed by atoms with Crippen LogP contribution in [0.15, 0.2) is 0 Å². The van der Waals surface area contributed by atoms with Crippen molar-refractivity contribution < 1.29 is 39.8 Å². The normalized spacial score (nSPS) is 29.2. The molecule has 238 valence electrons. The van der Waals surface area contributed by atoms with E-state index in [1.807, 2.05) is 46.6 Å². The van der Waals surface area contributed by atoms with Crippen LogP contribution in [0.2, 0.25) is 0 Å². The molecule has 1 fully saturated rings. The van der Waals surface area contributed by atoms with Gasteiger partial charge in [-0.05, 0) is 79.3 Å². The minimum atomic E-state index is -1.18. The lowest BCUT2D eigenvalue weighted by Crippen LogP contribution is -2.55. The van der Waals surface area contributed by atoms with E-state index in [9.17, 15) is 30.3 Å². The van der Waals surface area contributed by atoms with Crippen LogP contribution >= 0.6 is 0 Å². The van der Waals surface area contributed by atoms with Crippen LogP contribution in [-0.4, -0.2) is 111 Å². The highest BCUT2D eigenvalue weighted by Gasteiger charge is 2.46. The number of aliphatic carboxylic acids is 1. The molecule has 0 bridgehead atoms. The van der Waals surface area contributed by atoms with Gasteiger partial charge in [-0.25, -0.2) is 0 Å². The Morgan fingerprint density at radius 1 is 1.18 bits per heavy atom. The number of nitrogens with zero attached hydrogens (tertiary/aromatic N) is 1. The second-order valence-corrected chi connectivity index (χ2v) is 13.8. The minimum Gasteiger partial charge on any atom is -0.481 e. The number of hydrogen-bond acceptors (Lipinski definition) is 9. The first-order chi connectivity index (χ1) is 18.2. The van der Waals surface area contributed by atoms with Gasteiger partial charge in [-0.3, -0.25) is 4.79 Å². The fourth-order valence-corrected chi connectivity index (χ4v) is 6.74. The van der Waals surface area contributed by atoms with E-state index in [2.05, 4.69) is 5.32 Å². The molecule has 0 aliphatic carbocycles. The van der Waals surface area contributed by atoms with Gasteiger partial charge in [-0.15, -0.1) is 0 Å². The molecule has 4 unspecified atom stereocenters. The lowest BCUT2D eigenvalue weighted by Gasteiger charge is -2.45. The number of rotatable bonds is 17. The number of nitrogens with one attached hydrogen (secondary N) is 1. The van der Waals surface area contributed by atoms with Crippen LogP contribution in [0.3, 0.4) is 0 Å². The monoisotopic (exact) mass is 576 g/mol. The number of ether oxygens (including phenoxy) is 2. The highest BCUT2D eigenvalue weighted by atomic mass is 16.7. The van der Waals surface area contributed by atoms with Crippen LogP contribution in [0, 0.1) is 17.3 Å². The maximum Gasteiger partial charge on any atom is 0.308 e. The summed E-state index contributed by atoms with van der Waals surface area (Å²) in [7, 11) is 3.67. The van der Waals surface area contributed by atoms with Crippen molar-refractivity contribution in [2.75, 3.05) is 20.6 Å². The van der Waals surface area contributed by atoms with Gasteiger partial charge in [-0.1, -0.05) is 34.1 Å². The predicted molar refractivity (Wildman–Crippen MR) is 156 cm³/mol. The van der Waals surface area contributed by atoms with Crippen molar-refractivity contribution in [1.29, 1.82) is 0 Å². The molecule has 0 aromatic carbocycles. The topological polar surface area (TPSA) is 152 Å². The third-order valence-electron chi connectivity index (χ3n) is 8.76. The lowest BCUT2D eigenvalue weighted by atomic mass is 9.71. The summed E-state index contributed by atoms with van der Waals surface area (Å²) in [5, 5.41) is 56.3. The van der Waals surface area contributed by atoms with Crippen LogP contribution in [0.5, 0.6) is 0 Å². The van der Waals surface area contributed by atoms with Crippen molar-refractivity contribution in [1.82, 2.24) is 10.2 Å². The zero-order valence-electron chi connectivity index (χ0n) is 26.8. The molecule has 0 amide bonds. The van der Waals surface area contributed by atoms with E-state index in [1.54, 1.807) is 34.7 Å². The first-order valence-electron chi connectivity index (χ1n) is 14.9. The molecule has 1 aliphatic rings. The summed E-state index contributed by atoms with van der Waals surface area (Å²) in [6.07, 6.45) is -1.15. The van der Waals surface area contributed by atoms with E-state index in [0.717, 1.165) is 6.42 Å². The molecule has 0 spiro atoms. The zero-order valence-corrected chi connectivity index (χ0v) is 26.8. The molecule has 40 heavy (non-hydrogen) atoms. The molecular weight excluding hydrogens is 516 g/mol. The summed E-state index contributed by atoms with van der Waals surface area (Å²) in [5.74, 6) is -1.79. The Labute approximate surface area is 242 Å². The summed E-state index contributed by atoms with van der Waals surface area (Å²) in [6, 6.07) is -0.525. The summed E-state index contributed by atoms with van der Waals surface area (Å²) < 4.78 is 12.2. The van der Waals surface area contributed by atoms with Crippen LogP contribution < -0.4 is 5.32 Å². The molecule has 0 radical (unpaired) electrons. The maximum absolute atomic E-state index is 12.1. The standard InChI is InChI=1S/C30H60N2O8/c1-12-13-30(9,38)25(34)20(4)32(11)16-18(2)15-29(8,37)17-28(6,7)26(19(3)27(35)36)40-23-14-22(31-10)24(33)21(5)39-23/h18-26,31,33-34,37-38H,12-17H2,1-11H3,(H,35,36)/t18-,19-,20-,21-,22?,23+,24-,25-,26?,29?,30?/m1/s1. The first kappa shape index (κ1) is 37.2. The molecular formula is C30H60N2O8. The second kappa shape index (κ2) is 15.0. The molecule has 10 heteroatoms. The fraction of sp³-hybridized carbons (Fsp3) is 0.967. The van der Waals surface area contributed by atoms with E-state index < -0.39 is 59.2 Å². The van der Waals surface area contributed by atoms with Crippen molar-refractivity contribution in [2.45, 2.75) is 148 Å². The van der Waals surface area contributed by atoms with E-state index in [0.29, 0.717) is 32.2 Å².